The molecule has 0 aromatic carbocycles. The molecule has 1 aromatic rings. The molecule has 2 heterocycles. The van der Waals surface area contributed by atoms with E-state index in [1.807, 2.05) is 46.2 Å². The first-order chi connectivity index (χ1) is 13.1. The molecule has 27 heavy (non-hydrogen) atoms. The van der Waals surface area contributed by atoms with Crippen molar-refractivity contribution in [1.29, 1.82) is 0 Å². The minimum Gasteiger partial charge on any atom is -0.399 e. The molecule has 1 aromatic heterocycles. The van der Waals surface area contributed by atoms with Gasteiger partial charge in [0, 0.05) is 24.5 Å². The lowest BCUT2D eigenvalue weighted by atomic mass is 10.1. The van der Waals surface area contributed by atoms with Crippen LogP contribution >= 0.6 is 0 Å². The molecular formula is C21H37N5O. The Kier molecular flexibility index (Phi) is 13.5. The minimum atomic E-state index is 0.554. The summed E-state index contributed by atoms with van der Waals surface area (Å²) < 4.78 is 5.36. The van der Waals surface area contributed by atoms with Crippen molar-refractivity contribution in [1.82, 2.24) is 9.97 Å². The summed E-state index contributed by atoms with van der Waals surface area (Å²) in [5, 5.41) is 3.24. The fourth-order valence-electron chi connectivity index (χ4n) is 2.17. The van der Waals surface area contributed by atoms with Gasteiger partial charge in [0.05, 0.1) is 31.3 Å². The van der Waals surface area contributed by atoms with Crippen molar-refractivity contribution in [2.24, 2.45) is 5.73 Å². The van der Waals surface area contributed by atoms with Gasteiger partial charge in [0.1, 0.15) is 0 Å². The Morgan fingerprint density at radius 2 is 1.78 bits per heavy atom. The number of anilines is 2. The van der Waals surface area contributed by atoms with E-state index in [0.29, 0.717) is 11.6 Å². The van der Waals surface area contributed by atoms with Crippen LogP contribution in [0.25, 0.3) is 0 Å². The highest BCUT2D eigenvalue weighted by Crippen LogP contribution is 2.17. The van der Waals surface area contributed by atoms with Crippen molar-refractivity contribution in [3.63, 3.8) is 0 Å². The van der Waals surface area contributed by atoms with E-state index in [0.717, 1.165) is 44.1 Å². The summed E-state index contributed by atoms with van der Waals surface area (Å²) in [5.74, 6) is 0.554. The number of hydrogen-bond acceptors (Lipinski definition) is 6. The average molecular weight is 376 g/mol. The summed E-state index contributed by atoms with van der Waals surface area (Å²) in [6, 6.07) is 0. The van der Waals surface area contributed by atoms with Crippen molar-refractivity contribution in [2.75, 3.05) is 36.5 Å². The Morgan fingerprint density at radius 3 is 2.26 bits per heavy atom. The second-order valence-electron chi connectivity index (χ2n) is 5.39. The molecule has 0 unspecified atom stereocenters. The maximum absolute atomic E-state index is 5.85. The Hall–Kier alpha value is -2.34. The molecule has 1 aliphatic rings. The van der Waals surface area contributed by atoms with Crippen molar-refractivity contribution in [3.8, 4) is 0 Å². The second kappa shape index (κ2) is 14.8. The Morgan fingerprint density at radius 1 is 1.22 bits per heavy atom. The summed E-state index contributed by atoms with van der Waals surface area (Å²) in [7, 11) is 0. The highest BCUT2D eigenvalue weighted by atomic mass is 16.5. The fourth-order valence-corrected chi connectivity index (χ4v) is 2.17. The van der Waals surface area contributed by atoms with Crippen LogP contribution in [0.2, 0.25) is 0 Å². The summed E-state index contributed by atoms with van der Waals surface area (Å²) in [5.41, 5.74) is 9.55. The van der Waals surface area contributed by atoms with E-state index in [2.05, 4.69) is 40.6 Å². The fraction of sp³-hybridized carbons (Fsp3) is 0.524. The molecule has 0 saturated carbocycles. The van der Waals surface area contributed by atoms with E-state index in [1.54, 1.807) is 6.08 Å². The first-order valence-electron chi connectivity index (χ1n) is 9.85. The largest absolute Gasteiger partial charge is 0.399 e. The number of hydrogen-bond donors (Lipinski definition) is 2. The molecule has 0 bridgehead atoms. The van der Waals surface area contributed by atoms with Crippen molar-refractivity contribution in [2.45, 2.75) is 48.0 Å². The number of ether oxygens (including phenoxy) is 1. The van der Waals surface area contributed by atoms with E-state index >= 15 is 0 Å². The molecule has 1 aliphatic heterocycles. The van der Waals surface area contributed by atoms with Crippen LogP contribution in [0.15, 0.2) is 48.1 Å². The first-order valence-corrected chi connectivity index (χ1v) is 9.85. The Balaban J connectivity index is 0.00000158. The van der Waals surface area contributed by atoms with E-state index in [9.17, 15) is 0 Å². The van der Waals surface area contributed by atoms with Crippen LogP contribution in [0.4, 0.5) is 11.6 Å². The zero-order valence-electron chi connectivity index (χ0n) is 17.9. The molecule has 0 spiro atoms. The smallest absolute Gasteiger partial charge is 0.227 e. The third-order valence-corrected chi connectivity index (χ3v) is 3.80. The van der Waals surface area contributed by atoms with Gasteiger partial charge >= 0.3 is 0 Å². The monoisotopic (exact) mass is 375 g/mol. The highest BCUT2D eigenvalue weighted by molar-refractivity contribution is 5.48. The number of morpholine rings is 1. The lowest BCUT2D eigenvalue weighted by molar-refractivity contribution is 0.122. The standard InChI is InChI=1S/C17H25N5O.2C2H6/c1-4-13(3)16(10-14(18)5-2)21-17-19-11-15(12-20-17)22-6-8-23-9-7-22;2*1-2/h5,10-12H,2,4,6-9,18H2,1,3H3,(H,19,20,21);2*1-2H3/b14-10+,16-13+;;. The van der Waals surface area contributed by atoms with Crippen LogP contribution in [0.5, 0.6) is 0 Å². The van der Waals surface area contributed by atoms with Crippen LogP contribution in [0.3, 0.4) is 0 Å². The second-order valence-corrected chi connectivity index (χ2v) is 5.39. The molecule has 3 N–H and O–H groups in total. The third kappa shape index (κ3) is 8.73. The average Bonchev–Trinajstić information content (AvgIpc) is 2.76. The number of rotatable bonds is 6. The van der Waals surface area contributed by atoms with Gasteiger partial charge in [-0.1, -0.05) is 41.2 Å². The number of nitrogens with one attached hydrogen (secondary N) is 1. The summed E-state index contributed by atoms with van der Waals surface area (Å²) in [6.07, 6.45) is 8.05. The quantitative estimate of drug-likeness (QED) is 0.714. The predicted octanol–water partition coefficient (Wildman–Crippen LogP) is 4.49. The molecule has 6 nitrogen and oxygen atoms in total. The number of nitrogens with two attached hydrogens (primary N) is 1. The maximum atomic E-state index is 5.85. The van der Waals surface area contributed by atoms with Gasteiger partial charge < -0.3 is 20.7 Å². The van der Waals surface area contributed by atoms with E-state index in [1.165, 1.54) is 5.57 Å². The molecule has 0 amide bonds. The normalized spacial score (nSPS) is 14.7. The van der Waals surface area contributed by atoms with E-state index in [4.69, 9.17) is 10.5 Å². The van der Waals surface area contributed by atoms with Crippen molar-refractivity contribution in [3.05, 3.63) is 48.1 Å². The zero-order chi connectivity index (χ0) is 20.7. The van der Waals surface area contributed by atoms with Crippen LogP contribution in [-0.2, 0) is 4.74 Å². The van der Waals surface area contributed by atoms with Crippen molar-refractivity contribution < 1.29 is 4.74 Å². The van der Waals surface area contributed by atoms with Gasteiger partial charge in [0.2, 0.25) is 5.95 Å². The van der Waals surface area contributed by atoms with Crippen LogP contribution in [-0.4, -0.2) is 36.3 Å². The summed E-state index contributed by atoms with van der Waals surface area (Å²) in [6.45, 7) is 19.1. The van der Waals surface area contributed by atoms with Crippen LogP contribution < -0.4 is 16.0 Å². The van der Waals surface area contributed by atoms with E-state index in [-0.39, 0.29) is 0 Å². The van der Waals surface area contributed by atoms with Crippen molar-refractivity contribution >= 4 is 11.6 Å². The van der Waals surface area contributed by atoms with Gasteiger partial charge in [0.15, 0.2) is 0 Å². The SMILES string of the molecule is C=C/C(N)=C\C(Nc1ncc(N2CCOCC2)cn1)=C(\C)CC.CC.CC. The topological polar surface area (TPSA) is 76.3 Å². The van der Waals surface area contributed by atoms with Crippen LogP contribution in [0.1, 0.15) is 48.0 Å². The summed E-state index contributed by atoms with van der Waals surface area (Å²) in [4.78, 5) is 11.0. The predicted molar refractivity (Wildman–Crippen MR) is 117 cm³/mol. The first kappa shape index (κ1) is 24.7. The molecule has 1 fully saturated rings. The summed E-state index contributed by atoms with van der Waals surface area (Å²) >= 11 is 0. The molecule has 152 valence electrons. The number of nitrogens with zero attached hydrogens (tertiary/aromatic N) is 3. The lowest BCUT2D eigenvalue weighted by Gasteiger charge is -2.28. The van der Waals surface area contributed by atoms with Gasteiger partial charge in [0.25, 0.3) is 0 Å². The van der Waals surface area contributed by atoms with Gasteiger partial charge in [-0.3, -0.25) is 0 Å². The Bertz CT molecular complexity index is 587. The molecule has 6 heteroatoms. The van der Waals surface area contributed by atoms with E-state index < -0.39 is 0 Å². The van der Waals surface area contributed by atoms with Gasteiger partial charge in [-0.2, -0.15) is 0 Å². The molecule has 1 saturated heterocycles. The zero-order valence-corrected chi connectivity index (χ0v) is 17.9. The maximum Gasteiger partial charge on any atom is 0.227 e. The number of aromatic nitrogens is 2. The minimum absolute atomic E-state index is 0.554. The number of allylic oxidation sites excluding steroid dienone is 3. The molecule has 0 radical (unpaired) electrons. The molecule has 0 aliphatic carbocycles. The third-order valence-electron chi connectivity index (χ3n) is 3.80. The van der Waals surface area contributed by atoms with Gasteiger partial charge in [-0.05, 0) is 31.1 Å². The lowest BCUT2D eigenvalue weighted by Crippen LogP contribution is -2.36. The molecular weight excluding hydrogens is 338 g/mol. The molecule has 0 atom stereocenters. The van der Waals surface area contributed by atoms with Crippen LogP contribution in [0, 0.1) is 0 Å². The Labute approximate surface area is 165 Å². The molecule has 2 rings (SSSR count). The van der Waals surface area contributed by atoms with Gasteiger partial charge in [-0.25, -0.2) is 9.97 Å². The van der Waals surface area contributed by atoms with Gasteiger partial charge in [-0.15, -0.1) is 0 Å². The highest BCUT2D eigenvalue weighted by Gasteiger charge is 2.12.